The first-order valence-corrected chi connectivity index (χ1v) is 9.93. The molecule has 11 nitrogen and oxygen atoms in total. The zero-order valence-corrected chi connectivity index (χ0v) is 18.2. The van der Waals surface area contributed by atoms with Crippen LogP contribution in [-0.4, -0.2) is 15.8 Å². The highest BCUT2D eigenvalue weighted by atomic mass is 35.5. The Kier molecular flexibility index (Phi) is 7.36. The van der Waals surface area contributed by atoms with E-state index in [1.165, 1.54) is 36.4 Å². The summed E-state index contributed by atoms with van der Waals surface area (Å²) in [6.07, 6.45) is 1.27. The molecule has 0 heterocycles. The first-order chi connectivity index (χ1) is 16.7. The molecule has 0 aliphatic carbocycles. The van der Waals surface area contributed by atoms with E-state index in [0.29, 0.717) is 5.56 Å². The van der Waals surface area contributed by atoms with Crippen molar-refractivity contribution in [3.63, 3.8) is 0 Å². The molecule has 0 atom stereocenters. The second-order valence-corrected chi connectivity index (χ2v) is 7.18. The maximum Gasteiger partial charge on any atom is 0.289 e. The Morgan fingerprint density at radius 3 is 2.46 bits per heavy atom. The number of hydrogen-bond donors (Lipinski definition) is 1. The van der Waals surface area contributed by atoms with Crippen LogP contribution >= 0.6 is 11.6 Å². The van der Waals surface area contributed by atoms with Gasteiger partial charge in [0.15, 0.2) is 0 Å². The van der Waals surface area contributed by atoms with E-state index in [9.17, 15) is 35.5 Å². The number of nitrogens with one attached hydrogen (secondary N) is 1. The normalized spacial score (nSPS) is 10.5. The molecule has 172 valence electrons. The second-order valence-electron chi connectivity index (χ2n) is 6.77. The Hall–Kier alpha value is -5.26. The van der Waals surface area contributed by atoms with Gasteiger partial charge < -0.3 is 10.1 Å². The summed E-state index contributed by atoms with van der Waals surface area (Å²) in [7, 11) is 0. The molecule has 3 aromatic rings. The summed E-state index contributed by atoms with van der Waals surface area (Å²) in [5.74, 6) is -0.477. The van der Waals surface area contributed by atoms with Crippen molar-refractivity contribution in [2.75, 3.05) is 5.32 Å². The van der Waals surface area contributed by atoms with E-state index in [1.54, 1.807) is 24.3 Å². The van der Waals surface area contributed by atoms with Gasteiger partial charge in [-0.25, -0.2) is 0 Å². The van der Waals surface area contributed by atoms with Crippen LogP contribution in [0.3, 0.4) is 0 Å². The molecule has 0 bridgehead atoms. The number of amides is 1. The third-order valence-electron chi connectivity index (χ3n) is 4.46. The van der Waals surface area contributed by atoms with Gasteiger partial charge in [0.25, 0.3) is 17.3 Å². The minimum Gasteiger partial charge on any atom is -0.456 e. The lowest BCUT2D eigenvalue weighted by molar-refractivity contribution is -0.385. The first kappa shape index (κ1) is 24.4. The molecule has 0 fully saturated rings. The Bertz CT molecular complexity index is 1470. The Labute approximate surface area is 202 Å². The maximum absolute atomic E-state index is 12.5. The van der Waals surface area contributed by atoms with E-state index in [4.69, 9.17) is 16.3 Å². The van der Waals surface area contributed by atoms with Crippen molar-refractivity contribution in [2.24, 2.45) is 0 Å². The van der Waals surface area contributed by atoms with Crippen LogP contribution in [0.5, 0.6) is 11.5 Å². The lowest BCUT2D eigenvalue weighted by Gasteiger charge is -2.08. The summed E-state index contributed by atoms with van der Waals surface area (Å²) in [5, 5.41) is 42.9. The summed E-state index contributed by atoms with van der Waals surface area (Å²) < 4.78 is 5.66. The van der Waals surface area contributed by atoms with E-state index >= 15 is 0 Å². The van der Waals surface area contributed by atoms with Crippen molar-refractivity contribution in [3.8, 4) is 23.6 Å². The topological polar surface area (TPSA) is 172 Å². The highest BCUT2D eigenvalue weighted by Gasteiger charge is 2.16. The van der Waals surface area contributed by atoms with Gasteiger partial charge in [0.2, 0.25) is 0 Å². The zero-order valence-electron chi connectivity index (χ0n) is 17.5. The molecule has 0 spiro atoms. The number of carbonyl (C=O) groups excluding carboxylic acids is 1. The number of nitriles is 2. The van der Waals surface area contributed by atoms with E-state index in [1.807, 2.05) is 6.07 Å². The fourth-order valence-electron chi connectivity index (χ4n) is 2.85. The number of ether oxygens (including phenoxy) is 1. The minimum absolute atomic E-state index is 0.0469. The molecule has 0 saturated heterocycles. The van der Waals surface area contributed by atoms with Crippen LogP contribution in [0.1, 0.15) is 11.1 Å². The molecule has 0 radical (unpaired) electrons. The third kappa shape index (κ3) is 5.96. The number of non-ortho nitro benzene ring substituents is 1. The molecule has 3 rings (SSSR count). The van der Waals surface area contributed by atoms with Crippen LogP contribution in [-0.2, 0) is 4.79 Å². The van der Waals surface area contributed by atoms with E-state index in [2.05, 4.69) is 5.32 Å². The first-order valence-electron chi connectivity index (χ1n) is 9.55. The number of hydrogen-bond acceptors (Lipinski definition) is 8. The van der Waals surface area contributed by atoms with E-state index < -0.39 is 21.4 Å². The molecular formula is C23H12ClN5O6. The number of anilines is 1. The van der Waals surface area contributed by atoms with Gasteiger partial charge in [-0.1, -0.05) is 23.7 Å². The number of carbonyl (C=O) groups is 1. The molecular weight excluding hydrogens is 478 g/mol. The van der Waals surface area contributed by atoms with Crippen molar-refractivity contribution in [1.29, 1.82) is 10.5 Å². The average Bonchev–Trinajstić information content (AvgIpc) is 2.83. The number of nitro groups is 2. The molecule has 0 saturated carbocycles. The van der Waals surface area contributed by atoms with Crippen LogP contribution < -0.4 is 10.1 Å². The van der Waals surface area contributed by atoms with Crippen LogP contribution in [0.4, 0.5) is 17.1 Å². The fourth-order valence-corrected chi connectivity index (χ4v) is 3.03. The largest absolute Gasteiger partial charge is 0.456 e. The van der Waals surface area contributed by atoms with Crippen LogP contribution in [0.25, 0.3) is 6.08 Å². The number of benzene rings is 3. The summed E-state index contributed by atoms with van der Waals surface area (Å²) >= 11 is 5.76. The molecule has 3 aromatic carbocycles. The molecule has 0 unspecified atom stereocenters. The van der Waals surface area contributed by atoms with Gasteiger partial charge in [-0.15, -0.1) is 0 Å². The zero-order chi connectivity index (χ0) is 25.5. The standard InChI is InChI=1S/C23H12ClN5O6/c24-20-6-4-17(11-21(20)29(33)34)27-23(30)16(13-26)8-14-2-1-3-19(9-14)35-22-7-5-18(28(31)32)10-15(22)12-25/h1-11H,(H,27,30)/b16-8+. The van der Waals surface area contributed by atoms with Crippen LogP contribution in [0.15, 0.2) is 66.2 Å². The van der Waals surface area contributed by atoms with Crippen LogP contribution in [0, 0.1) is 42.9 Å². The quantitative estimate of drug-likeness (QED) is 0.199. The summed E-state index contributed by atoms with van der Waals surface area (Å²) in [5.41, 5.74) is -0.536. The summed E-state index contributed by atoms with van der Waals surface area (Å²) in [6.45, 7) is 0. The van der Waals surface area contributed by atoms with E-state index in [0.717, 1.165) is 12.1 Å². The van der Waals surface area contributed by atoms with Gasteiger partial charge in [-0.3, -0.25) is 25.0 Å². The molecule has 0 aliphatic heterocycles. The number of rotatable bonds is 7. The predicted molar refractivity (Wildman–Crippen MR) is 125 cm³/mol. The predicted octanol–water partition coefficient (Wildman–Crippen LogP) is 5.37. The maximum atomic E-state index is 12.5. The number of nitro benzene ring substituents is 2. The average molecular weight is 490 g/mol. The van der Waals surface area contributed by atoms with Gasteiger partial charge in [0.1, 0.15) is 39.8 Å². The number of halogens is 1. The lowest BCUT2D eigenvalue weighted by Crippen LogP contribution is -2.13. The Morgan fingerprint density at radius 1 is 1.03 bits per heavy atom. The molecule has 35 heavy (non-hydrogen) atoms. The third-order valence-corrected chi connectivity index (χ3v) is 4.78. The van der Waals surface area contributed by atoms with Gasteiger partial charge >= 0.3 is 0 Å². The SMILES string of the molecule is N#C/C(=C\c1cccc(Oc2ccc([N+](=O)[O-])cc2C#N)c1)C(=O)Nc1ccc(Cl)c([N+](=O)[O-])c1. The lowest BCUT2D eigenvalue weighted by atomic mass is 10.1. The van der Waals surface area contributed by atoms with Crippen molar-refractivity contribution in [2.45, 2.75) is 0 Å². The van der Waals surface area contributed by atoms with Crippen molar-refractivity contribution in [1.82, 2.24) is 0 Å². The van der Waals surface area contributed by atoms with Crippen molar-refractivity contribution < 1.29 is 19.4 Å². The van der Waals surface area contributed by atoms with Crippen LogP contribution in [0.2, 0.25) is 5.02 Å². The molecule has 0 aromatic heterocycles. The van der Waals surface area contributed by atoms with Crippen molar-refractivity contribution >= 4 is 40.6 Å². The van der Waals surface area contributed by atoms with Gasteiger partial charge in [0, 0.05) is 23.9 Å². The molecule has 1 amide bonds. The smallest absolute Gasteiger partial charge is 0.289 e. The molecule has 12 heteroatoms. The van der Waals surface area contributed by atoms with Gasteiger partial charge in [0.05, 0.1) is 9.85 Å². The Balaban J connectivity index is 1.83. The second kappa shape index (κ2) is 10.6. The molecule has 0 aliphatic rings. The van der Waals surface area contributed by atoms with Crippen molar-refractivity contribution in [3.05, 3.63) is 103 Å². The molecule has 1 N–H and O–H groups in total. The summed E-state index contributed by atoms with van der Waals surface area (Å²) in [6, 6.07) is 17.0. The highest BCUT2D eigenvalue weighted by molar-refractivity contribution is 6.32. The van der Waals surface area contributed by atoms with Gasteiger partial charge in [-0.05, 0) is 42.0 Å². The van der Waals surface area contributed by atoms with Gasteiger partial charge in [-0.2, -0.15) is 10.5 Å². The summed E-state index contributed by atoms with van der Waals surface area (Å²) in [4.78, 5) is 33.1. The monoisotopic (exact) mass is 489 g/mol. The van der Waals surface area contributed by atoms with E-state index in [-0.39, 0.29) is 39.0 Å². The fraction of sp³-hybridized carbons (Fsp3) is 0. The Morgan fingerprint density at radius 2 is 1.80 bits per heavy atom. The minimum atomic E-state index is -0.808. The highest BCUT2D eigenvalue weighted by Crippen LogP contribution is 2.30. The number of nitrogens with zero attached hydrogens (tertiary/aromatic N) is 4.